The largest absolute Gasteiger partial charge is 0.506 e. The number of phenols is 1. The molecule has 0 spiro atoms. The molecule has 4 N–H and O–H groups in total. The van der Waals surface area contributed by atoms with Gasteiger partial charge in [-0.2, -0.15) is 0 Å². The van der Waals surface area contributed by atoms with Gasteiger partial charge in [-0.05, 0) is 44.1 Å². The highest BCUT2D eigenvalue weighted by Crippen LogP contribution is 2.20. The summed E-state index contributed by atoms with van der Waals surface area (Å²) in [6, 6.07) is 4.53. The van der Waals surface area contributed by atoms with Gasteiger partial charge in [-0.15, -0.1) is 0 Å². The number of hydrogen-bond donors (Lipinski definition) is 3. The maximum absolute atomic E-state index is 11.8. The lowest BCUT2D eigenvalue weighted by Gasteiger charge is -2.14. The molecule has 0 radical (unpaired) electrons. The predicted molar refractivity (Wildman–Crippen MR) is 70.5 cm³/mol. The van der Waals surface area contributed by atoms with Crippen LogP contribution >= 0.6 is 0 Å². The second kappa shape index (κ2) is 5.73. The van der Waals surface area contributed by atoms with Gasteiger partial charge in [0.25, 0.3) is 5.91 Å². The van der Waals surface area contributed by atoms with E-state index < -0.39 is 0 Å². The number of nitrogens with one attached hydrogen (secondary N) is 1. The van der Waals surface area contributed by atoms with Crippen molar-refractivity contribution in [1.82, 2.24) is 10.2 Å². The minimum atomic E-state index is -0.176. The van der Waals surface area contributed by atoms with Crippen molar-refractivity contribution in [2.75, 3.05) is 31.9 Å². The van der Waals surface area contributed by atoms with Crippen LogP contribution in [-0.2, 0) is 0 Å². The zero-order valence-electron chi connectivity index (χ0n) is 10.4. The average molecular weight is 249 g/mol. The number of likely N-dealkylation sites (tertiary alicyclic amines) is 1. The maximum atomic E-state index is 11.8. The van der Waals surface area contributed by atoms with Gasteiger partial charge in [0, 0.05) is 18.7 Å². The van der Waals surface area contributed by atoms with Gasteiger partial charge in [-0.3, -0.25) is 4.79 Å². The lowest BCUT2D eigenvalue weighted by Crippen LogP contribution is -2.33. The number of anilines is 1. The van der Waals surface area contributed by atoms with Gasteiger partial charge in [0.2, 0.25) is 0 Å². The summed E-state index contributed by atoms with van der Waals surface area (Å²) in [7, 11) is 0. The second-order valence-electron chi connectivity index (χ2n) is 4.58. The first-order chi connectivity index (χ1) is 8.66. The highest BCUT2D eigenvalue weighted by Gasteiger charge is 2.12. The Morgan fingerprint density at radius 3 is 2.78 bits per heavy atom. The summed E-state index contributed by atoms with van der Waals surface area (Å²) in [6.07, 6.45) is 2.50. The van der Waals surface area contributed by atoms with Crippen LogP contribution in [0, 0.1) is 0 Å². The predicted octanol–water partition coefficient (Wildman–Crippen LogP) is 0.800. The van der Waals surface area contributed by atoms with E-state index in [9.17, 15) is 9.90 Å². The van der Waals surface area contributed by atoms with E-state index in [1.54, 1.807) is 6.07 Å². The van der Waals surface area contributed by atoms with E-state index in [0.717, 1.165) is 19.6 Å². The number of phenolic OH excluding ortho intramolecular Hbond substituents is 1. The Kier molecular flexibility index (Phi) is 4.04. The smallest absolute Gasteiger partial charge is 0.251 e. The molecule has 1 aromatic rings. The minimum Gasteiger partial charge on any atom is -0.506 e. The van der Waals surface area contributed by atoms with Crippen LogP contribution in [-0.4, -0.2) is 42.1 Å². The Morgan fingerprint density at radius 1 is 1.39 bits per heavy atom. The number of nitrogen functional groups attached to an aromatic ring is 1. The van der Waals surface area contributed by atoms with Crippen LogP contribution in [0.1, 0.15) is 23.2 Å². The van der Waals surface area contributed by atoms with E-state index in [1.165, 1.54) is 25.0 Å². The fourth-order valence-electron chi connectivity index (χ4n) is 2.12. The molecule has 0 saturated carbocycles. The molecule has 1 amide bonds. The lowest BCUT2D eigenvalue weighted by atomic mass is 10.2. The van der Waals surface area contributed by atoms with Crippen molar-refractivity contribution in [3.8, 4) is 5.75 Å². The molecule has 0 unspecified atom stereocenters. The molecule has 18 heavy (non-hydrogen) atoms. The first kappa shape index (κ1) is 12.7. The van der Waals surface area contributed by atoms with E-state index >= 15 is 0 Å². The van der Waals surface area contributed by atoms with Crippen LogP contribution in [0.2, 0.25) is 0 Å². The van der Waals surface area contributed by atoms with E-state index in [0.29, 0.717) is 12.1 Å². The number of benzene rings is 1. The molecule has 0 atom stereocenters. The fourth-order valence-corrected chi connectivity index (χ4v) is 2.12. The number of nitrogens with zero attached hydrogens (tertiary/aromatic N) is 1. The topological polar surface area (TPSA) is 78.6 Å². The normalized spacial score (nSPS) is 15.8. The van der Waals surface area contributed by atoms with Crippen LogP contribution in [0.3, 0.4) is 0 Å². The third kappa shape index (κ3) is 3.13. The summed E-state index contributed by atoms with van der Waals surface area (Å²) in [6.45, 7) is 3.76. The number of nitrogens with two attached hydrogens (primary N) is 1. The van der Waals surface area contributed by atoms with Crippen molar-refractivity contribution >= 4 is 11.6 Å². The molecule has 5 heteroatoms. The molecule has 1 saturated heterocycles. The monoisotopic (exact) mass is 249 g/mol. The summed E-state index contributed by atoms with van der Waals surface area (Å²) in [4.78, 5) is 14.1. The van der Waals surface area contributed by atoms with Crippen molar-refractivity contribution in [2.24, 2.45) is 0 Å². The van der Waals surface area contributed by atoms with Gasteiger partial charge >= 0.3 is 0 Å². The van der Waals surface area contributed by atoms with E-state index in [2.05, 4.69) is 10.2 Å². The first-order valence-electron chi connectivity index (χ1n) is 6.26. The van der Waals surface area contributed by atoms with Gasteiger partial charge in [0.15, 0.2) is 0 Å². The van der Waals surface area contributed by atoms with Crippen LogP contribution in [0.15, 0.2) is 18.2 Å². The zero-order valence-corrected chi connectivity index (χ0v) is 10.4. The number of amides is 1. The summed E-state index contributed by atoms with van der Waals surface area (Å²) in [5.41, 5.74) is 6.20. The van der Waals surface area contributed by atoms with Crippen LogP contribution in [0.5, 0.6) is 5.75 Å². The summed E-state index contributed by atoms with van der Waals surface area (Å²) < 4.78 is 0. The molecule has 1 aromatic carbocycles. The van der Waals surface area contributed by atoms with Gasteiger partial charge in [-0.1, -0.05) is 0 Å². The molecule has 0 aliphatic carbocycles. The molecule has 1 aliphatic rings. The van der Waals surface area contributed by atoms with E-state index in [4.69, 9.17) is 5.73 Å². The van der Waals surface area contributed by atoms with Crippen molar-refractivity contribution in [3.05, 3.63) is 23.8 Å². The molecule has 1 aliphatic heterocycles. The Labute approximate surface area is 107 Å². The third-order valence-electron chi connectivity index (χ3n) is 3.20. The Hall–Kier alpha value is -1.75. The van der Waals surface area contributed by atoms with Crippen molar-refractivity contribution in [1.29, 1.82) is 0 Å². The van der Waals surface area contributed by atoms with Gasteiger partial charge < -0.3 is 21.1 Å². The summed E-state index contributed by atoms with van der Waals surface area (Å²) in [5, 5.41) is 12.3. The van der Waals surface area contributed by atoms with Crippen LogP contribution < -0.4 is 11.1 Å². The molecule has 2 rings (SSSR count). The number of hydrogen-bond acceptors (Lipinski definition) is 4. The van der Waals surface area contributed by atoms with Gasteiger partial charge in [0.1, 0.15) is 5.75 Å². The van der Waals surface area contributed by atoms with Crippen molar-refractivity contribution in [2.45, 2.75) is 12.8 Å². The molecule has 0 aromatic heterocycles. The van der Waals surface area contributed by atoms with Crippen molar-refractivity contribution < 1.29 is 9.90 Å². The fraction of sp³-hybridized carbons (Fsp3) is 0.462. The quantitative estimate of drug-likeness (QED) is 0.545. The Balaban J connectivity index is 1.81. The molecule has 1 heterocycles. The second-order valence-corrected chi connectivity index (χ2v) is 4.58. The van der Waals surface area contributed by atoms with Crippen molar-refractivity contribution in [3.63, 3.8) is 0 Å². The SMILES string of the molecule is Nc1ccc(C(=O)NCCN2CCCC2)cc1O. The zero-order chi connectivity index (χ0) is 13.0. The highest BCUT2D eigenvalue weighted by atomic mass is 16.3. The van der Waals surface area contributed by atoms with Gasteiger partial charge in [0.05, 0.1) is 5.69 Å². The minimum absolute atomic E-state index is 0.0535. The van der Waals surface area contributed by atoms with Crippen LogP contribution in [0.25, 0.3) is 0 Å². The lowest BCUT2D eigenvalue weighted by molar-refractivity contribution is 0.0949. The molecule has 98 valence electrons. The number of carbonyl (C=O) groups excluding carboxylic acids is 1. The Bertz CT molecular complexity index is 428. The standard InChI is InChI=1S/C13H19N3O2/c14-11-4-3-10(9-12(11)17)13(18)15-5-8-16-6-1-2-7-16/h3-4,9,17H,1-2,5-8,14H2,(H,15,18). The average Bonchev–Trinajstić information content (AvgIpc) is 2.85. The maximum Gasteiger partial charge on any atom is 0.251 e. The Morgan fingerprint density at radius 2 is 2.11 bits per heavy atom. The first-order valence-corrected chi connectivity index (χ1v) is 6.26. The molecule has 5 nitrogen and oxygen atoms in total. The summed E-state index contributed by atoms with van der Waals surface area (Å²) in [5.74, 6) is -0.230. The highest BCUT2D eigenvalue weighted by molar-refractivity contribution is 5.95. The molecule has 1 fully saturated rings. The number of rotatable bonds is 4. The third-order valence-corrected chi connectivity index (χ3v) is 3.20. The summed E-state index contributed by atoms with van der Waals surface area (Å²) >= 11 is 0. The molecular formula is C13H19N3O2. The van der Waals surface area contributed by atoms with E-state index in [-0.39, 0.29) is 17.3 Å². The van der Waals surface area contributed by atoms with Gasteiger partial charge in [-0.25, -0.2) is 0 Å². The van der Waals surface area contributed by atoms with Crippen LogP contribution in [0.4, 0.5) is 5.69 Å². The number of carbonyl (C=O) groups is 1. The van der Waals surface area contributed by atoms with E-state index in [1.807, 2.05) is 0 Å². The number of aromatic hydroxyl groups is 1. The molecular weight excluding hydrogens is 230 g/mol. The molecule has 0 bridgehead atoms.